The zero-order valence-electron chi connectivity index (χ0n) is 9.87. The Morgan fingerprint density at radius 1 is 1.31 bits per heavy atom. The van der Waals surface area contributed by atoms with Crippen LogP contribution in [0.25, 0.3) is 0 Å². The third-order valence-corrected chi connectivity index (χ3v) is 3.91. The van der Waals surface area contributed by atoms with Crippen LogP contribution in [-0.4, -0.2) is 48.7 Å². The number of amides is 1. The maximum Gasteiger partial charge on any atom is 0.223 e. The second-order valence-corrected chi connectivity index (χ2v) is 5.17. The maximum absolute atomic E-state index is 11.9. The Morgan fingerprint density at radius 3 is 2.75 bits per heavy atom. The molecule has 92 valence electrons. The summed E-state index contributed by atoms with van der Waals surface area (Å²) in [5.41, 5.74) is 0.265. The molecule has 0 aromatic heterocycles. The van der Waals surface area contributed by atoms with E-state index in [-0.39, 0.29) is 12.0 Å². The van der Waals surface area contributed by atoms with Gasteiger partial charge in [0.2, 0.25) is 5.91 Å². The lowest BCUT2D eigenvalue weighted by Crippen LogP contribution is -2.38. The van der Waals surface area contributed by atoms with Crippen molar-refractivity contribution < 1.29 is 9.90 Å². The molecule has 4 nitrogen and oxygen atoms in total. The van der Waals surface area contributed by atoms with Gasteiger partial charge >= 0.3 is 0 Å². The molecule has 1 amide bonds. The van der Waals surface area contributed by atoms with E-state index in [9.17, 15) is 4.79 Å². The highest BCUT2D eigenvalue weighted by Crippen LogP contribution is 2.39. The molecule has 0 saturated carbocycles. The van der Waals surface area contributed by atoms with Crippen molar-refractivity contribution in [1.29, 1.82) is 0 Å². The number of carbonyl (C=O) groups is 1. The molecule has 16 heavy (non-hydrogen) atoms. The lowest BCUT2D eigenvalue weighted by molar-refractivity contribution is -0.127. The predicted octanol–water partition coefficient (Wildman–Crippen LogP) is 0.361. The van der Waals surface area contributed by atoms with Crippen LogP contribution in [0.3, 0.4) is 0 Å². The summed E-state index contributed by atoms with van der Waals surface area (Å²) in [6.07, 6.45) is 4.74. The Labute approximate surface area is 97.0 Å². The van der Waals surface area contributed by atoms with Crippen molar-refractivity contribution in [3.8, 4) is 0 Å². The van der Waals surface area contributed by atoms with Gasteiger partial charge in [-0.1, -0.05) is 0 Å². The van der Waals surface area contributed by atoms with E-state index in [0.717, 1.165) is 58.3 Å². The zero-order valence-corrected chi connectivity index (χ0v) is 9.87. The summed E-state index contributed by atoms with van der Waals surface area (Å²) < 4.78 is 0. The molecule has 0 aromatic rings. The van der Waals surface area contributed by atoms with Gasteiger partial charge in [-0.3, -0.25) is 4.79 Å². The van der Waals surface area contributed by atoms with Gasteiger partial charge in [-0.15, -0.1) is 0 Å². The molecule has 2 fully saturated rings. The number of nitrogens with one attached hydrogen (secondary N) is 1. The Balaban J connectivity index is 1.85. The maximum atomic E-state index is 11.9. The molecule has 0 atom stereocenters. The predicted molar refractivity (Wildman–Crippen MR) is 62.1 cm³/mol. The van der Waals surface area contributed by atoms with Crippen LogP contribution >= 0.6 is 0 Å². The summed E-state index contributed by atoms with van der Waals surface area (Å²) in [5, 5.41) is 12.1. The van der Waals surface area contributed by atoms with Crippen molar-refractivity contribution in [2.45, 2.75) is 32.1 Å². The molecule has 2 heterocycles. The van der Waals surface area contributed by atoms with Crippen molar-refractivity contribution in [3.05, 3.63) is 0 Å². The molecule has 2 aliphatic rings. The van der Waals surface area contributed by atoms with Crippen molar-refractivity contribution in [2.75, 3.05) is 32.8 Å². The third kappa shape index (κ3) is 2.55. The van der Waals surface area contributed by atoms with E-state index in [4.69, 9.17) is 5.11 Å². The van der Waals surface area contributed by atoms with E-state index in [1.54, 1.807) is 0 Å². The van der Waals surface area contributed by atoms with Gasteiger partial charge in [-0.2, -0.15) is 0 Å². The summed E-state index contributed by atoms with van der Waals surface area (Å²) in [7, 11) is 0. The first-order valence-corrected chi connectivity index (χ1v) is 6.35. The van der Waals surface area contributed by atoms with Crippen LogP contribution in [0.1, 0.15) is 32.1 Å². The van der Waals surface area contributed by atoms with Gasteiger partial charge in [-0.25, -0.2) is 0 Å². The molecular formula is C12H22N2O2. The number of unbranched alkanes of at least 4 members (excludes halogenated alkanes) is 1. The first-order chi connectivity index (χ1) is 7.76. The fraction of sp³-hybridized carbons (Fsp3) is 0.917. The van der Waals surface area contributed by atoms with E-state index in [1.165, 1.54) is 0 Å². The highest BCUT2D eigenvalue weighted by Gasteiger charge is 2.43. The SMILES string of the molecule is O=C1CC2(CCNCC2)CN1CCCCO. The smallest absolute Gasteiger partial charge is 0.223 e. The Bertz CT molecular complexity index is 249. The van der Waals surface area contributed by atoms with Crippen LogP contribution in [0.15, 0.2) is 0 Å². The first kappa shape index (κ1) is 11.9. The van der Waals surface area contributed by atoms with Gasteiger partial charge < -0.3 is 15.3 Å². The number of carbonyl (C=O) groups excluding carboxylic acids is 1. The van der Waals surface area contributed by atoms with E-state index in [0.29, 0.717) is 5.91 Å². The van der Waals surface area contributed by atoms with E-state index >= 15 is 0 Å². The number of aliphatic hydroxyl groups is 1. The fourth-order valence-electron chi connectivity index (χ4n) is 2.89. The molecule has 2 aliphatic heterocycles. The summed E-state index contributed by atoms with van der Waals surface area (Å²) in [6, 6.07) is 0. The van der Waals surface area contributed by atoms with Gasteiger partial charge in [0.05, 0.1) is 0 Å². The minimum absolute atomic E-state index is 0.233. The van der Waals surface area contributed by atoms with Gasteiger partial charge in [0.1, 0.15) is 0 Å². The van der Waals surface area contributed by atoms with Gasteiger partial charge in [0.15, 0.2) is 0 Å². The number of hydrogen-bond acceptors (Lipinski definition) is 3. The van der Waals surface area contributed by atoms with Crippen molar-refractivity contribution in [3.63, 3.8) is 0 Å². The average Bonchev–Trinajstić information content (AvgIpc) is 2.57. The number of hydrogen-bond donors (Lipinski definition) is 2. The largest absolute Gasteiger partial charge is 0.396 e. The van der Waals surface area contributed by atoms with Crippen LogP contribution in [-0.2, 0) is 4.79 Å². The van der Waals surface area contributed by atoms with Crippen LogP contribution in [0, 0.1) is 5.41 Å². The molecule has 2 rings (SSSR count). The minimum atomic E-state index is 0.233. The quantitative estimate of drug-likeness (QED) is 0.681. The highest BCUT2D eigenvalue weighted by molar-refractivity contribution is 5.79. The number of likely N-dealkylation sites (tertiary alicyclic amines) is 1. The van der Waals surface area contributed by atoms with E-state index < -0.39 is 0 Å². The lowest BCUT2D eigenvalue weighted by Gasteiger charge is -2.33. The van der Waals surface area contributed by atoms with Crippen molar-refractivity contribution in [2.24, 2.45) is 5.41 Å². The lowest BCUT2D eigenvalue weighted by atomic mass is 9.78. The van der Waals surface area contributed by atoms with E-state index in [1.807, 2.05) is 4.90 Å². The summed E-state index contributed by atoms with van der Waals surface area (Å²) in [4.78, 5) is 13.9. The molecule has 0 aromatic carbocycles. The molecule has 2 saturated heterocycles. The highest BCUT2D eigenvalue weighted by atomic mass is 16.3. The summed E-state index contributed by atoms with van der Waals surface area (Å²) >= 11 is 0. The van der Waals surface area contributed by atoms with Gasteiger partial charge in [0, 0.05) is 26.1 Å². The molecule has 0 radical (unpaired) electrons. The number of rotatable bonds is 4. The van der Waals surface area contributed by atoms with Crippen LogP contribution in [0.5, 0.6) is 0 Å². The second-order valence-electron chi connectivity index (χ2n) is 5.17. The minimum Gasteiger partial charge on any atom is -0.396 e. The fourth-order valence-corrected chi connectivity index (χ4v) is 2.89. The first-order valence-electron chi connectivity index (χ1n) is 6.35. The molecule has 0 unspecified atom stereocenters. The van der Waals surface area contributed by atoms with Crippen molar-refractivity contribution >= 4 is 5.91 Å². The number of aliphatic hydroxyl groups excluding tert-OH is 1. The molecule has 2 N–H and O–H groups in total. The third-order valence-electron chi connectivity index (χ3n) is 3.91. The van der Waals surface area contributed by atoms with Gasteiger partial charge in [-0.05, 0) is 44.2 Å². The number of nitrogens with zero attached hydrogens (tertiary/aromatic N) is 1. The van der Waals surface area contributed by atoms with Crippen LogP contribution < -0.4 is 5.32 Å². The van der Waals surface area contributed by atoms with Crippen molar-refractivity contribution in [1.82, 2.24) is 10.2 Å². The number of piperidine rings is 1. The Morgan fingerprint density at radius 2 is 2.06 bits per heavy atom. The van der Waals surface area contributed by atoms with Crippen LogP contribution in [0.4, 0.5) is 0 Å². The summed E-state index contributed by atoms with van der Waals surface area (Å²) in [6.45, 7) is 4.11. The molecule has 0 bridgehead atoms. The molecule has 4 heteroatoms. The topological polar surface area (TPSA) is 52.6 Å². The van der Waals surface area contributed by atoms with E-state index in [2.05, 4.69) is 5.32 Å². The monoisotopic (exact) mass is 226 g/mol. The molecule has 1 spiro atoms. The normalized spacial score (nSPS) is 24.3. The molecule has 0 aliphatic carbocycles. The zero-order chi connectivity index (χ0) is 11.4. The Hall–Kier alpha value is -0.610. The standard InChI is InChI=1S/C12H22N2O2/c15-8-2-1-7-14-10-12(9-11(14)16)3-5-13-6-4-12/h13,15H,1-10H2. The Kier molecular flexibility index (Phi) is 3.82. The summed E-state index contributed by atoms with van der Waals surface area (Å²) in [5.74, 6) is 0.319. The second kappa shape index (κ2) is 5.15. The molecular weight excluding hydrogens is 204 g/mol. The van der Waals surface area contributed by atoms with Gasteiger partial charge in [0.25, 0.3) is 0 Å². The average molecular weight is 226 g/mol. The van der Waals surface area contributed by atoms with Crippen LogP contribution in [0.2, 0.25) is 0 Å².